The molecule has 1 aliphatic carbocycles. The van der Waals surface area contributed by atoms with E-state index in [0.717, 1.165) is 21.2 Å². The van der Waals surface area contributed by atoms with E-state index in [1.807, 2.05) is 48.3 Å². The van der Waals surface area contributed by atoms with Gasteiger partial charge >= 0.3 is 6.03 Å². The molecule has 1 saturated carbocycles. The lowest BCUT2D eigenvalue weighted by Gasteiger charge is -2.20. The summed E-state index contributed by atoms with van der Waals surface area (Å²) in [5.74, 6) is 0.799. The van der Waals surface area contributed by atoms with E-state index in [1.165, 1.54) is 24.5 Å². The number of carbonyl (C=O) groups excluding carboxylic acids is 2. The molecule has 10 heteroatoms. The topological polar surface area (TPSA) is 113 Å². The summed E-state index contributed by atoms with van der Waals surface area (Å²) in [6, 6.07) is 15.6. The number of aromatic nitrogens is 2. The summed E-state index contributed by atoms with van der Waals surface area (Å²) in [5.41, 5.74) is 7.69. The second kappa shape index (κ2) is 11.1. The fourth-order valence-electron chi connectivity index (χ4n) is 3.80. The number of anilines is 4. The zero-order chi connectivity index (χ0) is 27.4. The van der Waals surface area contributed by atoms with Gasteiger partial charge in [-0.25, -0.2) is 19.2 Å². The zero-order valence-corrected chi connectivity index (χ0v) is 22.6. The number of primary amides is 1. The SMILES string of the molecule is CN(c1ccc(F)c(NC(=O)Nc2ccc(C(C)(C)C)cc2)c1)c1ccc2nc(C3CC3)sc2n1.NC=O. The summed E-state index contributed by atoms with van der Waals surface area (Å²) in [4.78, 5) is 33.4. The smallest absolute Gasteiger partial charge is 0.323 e. The number of halogens is 1. The first-order valence-electron chi connectivity index (χ1n) is 12.2. The monoisotopic (exact) mass is 534 g/mol. The molecule has 38 heavy (non-hydrogen) atoms. The molecule has 8 nitrogen and oxygen atoms in total. The molecule has 0 atom stereocenters. The number of nitrogens with zero attached hydrogens (tertiary/aromatic N) is 3. The molecule has 3 amide bonds. The average Bonchev–Trinajstić information content (AvgIpc) is 3.63. The maximum atomic E-state index is 14.5. The minimum Gasteiger partial charge on any atom is -0.372 e. The van der Waals surface area contributed by atoms with Gasteiger partial charge in [-0.3, -0.25) is 4.79 Å². The Morgan fingerprint density at radius 1 is 1.08 bits per heavy atom. The number of hydrogen-bond acceptors (Lipinski definition) is 6. The lowest BCUT2D eigenvalue weighted by atomic mass is 9.87. The molecule has 0 aliphatic heterocycles. The quantitative estimate of drug-likeness (QED) is 0.252. The van der Waals surface area contributed by atoms with Crippen molar-refractivity contribution < 1.29 is 14.0 Å². The molecule has 0 spiro atoms. The number of benzene rings is 2. The molecule has 0 radical (unpaired) electrons. The van der Waals surface area contributed by atoms with Gasteiger partial charge in [0.05, 0.1) is 10.7 Å². The molecule has 2 aromatic carbocycles. The van der Waals surface area contributed by atoms with Crippen LogP contribution in [0.25, 0.3) is 10.3 Å². The van der Waals surface area contributed by atoms with Crippen LogP contribution in [0.3, 0.4) is 0 Å². The molecular weight excluding hydrogens is 503 g/mol. The van der Waals surface area contributed by atoms with Crippen molar-refractivity contribution in [3.63, 3.8) is 0 Å². The predicted octanol–water partition coefficient (Wildman–Crippen LogP) is 6.52. The highest BCUT2D eigenvalue weighted by atomic mass is 32.1. The van der Waals surface area contributed by atoms with Crippen LogP contribution < -0.4 is 21.3 Å². The van der Waals surface area contributed by atoms with E-state index in [0.29, 0.717) is 17.3 Å². The summed E-state index contributed by atoms with van der Waals surface area (Å²) in [5, 5.41) is 6.54. The second-order valence-corrected chi connectivity index (χ2v) is 11.1. The lowest BCUT2D eigenvalue weighted by molar-refractivity contribution is -0.106. The minimum atomic E-state index is -0.514. The van der Waals surface area contributed by atoms with Gasteiger partial charge in [-0.2, -0.15) is 0 Å². The van der Waals surface area contributed by atoms with E-state index < -0.39 is 11.8 Å². The van der Waals surface area contributed by atoms with Gasteiger partial charge in [0.1, 0.15) is 22.0 Å². The molecule has 198 valence electrons. The van der Waals surface area contributed by atoms with Crippen LogP contribution in [-0.4, -0.2) is 29.5 Å². The van der Waals surface area contributed by atoms with E-state index in [1.54, 1.807) is 23.5 Å². The van der Waals surface area contributed by atoms with Gasteiger partial charge in [-0.05, 0) is 66.3 Å². The molecule has 5 rings (SSSR count). The first-order valence-corrected chi connectivity index (χ1v) is 13.1. The highest BCUT2D eigenvalue weighted by Gasteiger charge is 2.27. The molecule has 0 bridgehead atoms. The van der Waals surface area contributed by atoms with E-state index in [9.17, 15) is 9.18 Å². The van der Waals surface area contributed by atoms with Crippen LogP contribution in [0, 0.1) is 5.82 Å². The van der Waals surface area contributed by atoms with Crippen molar-refractivity contribution in [1.82, 2.24) is 9.97 Å². The Hall–Kier alpha value is -4.05. The van der Waals surface area contributed by atoms with Gasteiger partial charge in [0.15, 0.2) is 0 Å². The fraction of sp³-hybridized carbons (Fsp3) is 0.286. The lowest BCUT2D eigenvalue weighted by Crippen LogP contribution is -2.21. The Morgan fingerprint density at radius 2 is 1.76 bits per heavy atom. The van der Waals surface area contributed by atoms with E-state index in [4.69, 9.17) is 14.8 Å². The number of pyridine rings is 1. The summed E-state index contributed by atoms with van der Waals surface area (Å²) >= 11 is 1.64. The second-order valence-electron chi connectivity index (χ2n) is 10.1. The van der Waals surface area contributed by atoms with Gasteiger partial charge < -0.3 is 21.3 Å². The molecule has 4 aromatic rings. The number of amides is 3. The fourth-order valence-corrected chi connectivity index (χ4v) is 4.91. The first-order chi connectivity index (χ1) is 18.1. The molecule has 0 unspecified atom stereocenters. The molecule has 2 heterocycles. The van der Waals surface area contributed by atoms with Crippen molar-refractivity contribution in [1.29, 1.82) is 0 Å². The highest BCUT2D eigenvalue weighted by molar-refractivity contribution is 7.18. The van der Waals surface area contributed by atoms with E-state index in [2.05, 4.69) is 37.1 Å². The van der Waals surface area contributed by atoms with Gasteiger partial charge in [0.2, 0.25) is 6.41 Å². The maximum Gasteiger partial charge on any atom is 0.323 e. The Kier molecular flexibility index (Phi) is 7.91. The van der Waals surface area contributed by atoms with Gasteiger partial charge in [0, 0.05) is 24.3 Å². The Balaban J connectivity index is 0.00000107. The molecule has 1 aliphatic rings. The summed E-state index contributed by atoms with van der Waals surface area (Å²) < 4.78 is 14.5. The van der Waals surface area contributed by atoms with Gasteiger partial charge in [-0.1, -0.05) is 44.2 Å². The minimum absolute atomic E-state index is 0.0231. The van der Waals surface area contributed by atoms with Crippen LogP contribution >= 0.6 is 11.3 Å². The van der Waals surface area contributed by atoms with E-state index in [-0.39, 0.29) is 17.5 Å². The van der Waals surface area contributed by atoms with Crippen molar-refractivity contribution in [2.75, 3.05) is 22.6 Å². The van der Waals surface area contributed by atoms with Crippen molar-refractivity contribution in [2.45, 2.75) is 44.9 Å². The predicted molar refractivity (Wildman–Crippen MR) is 152 cm³/mol. The van der Waals surface area contributed by atoms with Crippen molar-refractivity contribution >= 4 is 57.0 Å². The Morgan fingerprint density at radius 3 is 2.39 bits per heavy atom. The van der Waals surface area contributed by atoms with Crippen molar-refractivity contribution in [3.8, 4) is 0 Å². The number of thiazole rings is 1. The highest BCUT2D eigenvalue weighted by Crippen LogP contribution is 2.43. The molecule has 2 aromatic heterocycles. The number of rotatable bonds is 5. The van der Waals surface area contributed by atoms with Crippen LogP contribution in [0.4, 0.5) is 32.1 Å². The standard InChI is InChI=1S/C27H28FN5OS.CH3NO/c1-27(2,3)17-7-9-18(10-8-17)29-26(34)31-22-15-19(11-12-20(22)28)33(4)23-14-13-21-25(32-23)35-24(30-21)16-5-6-16;2-1-3/h7-16H,5-6H2,1-4H3,(H2,29,31,34);1H,(H2,2,3). The zero-order valence-electron chi connectivity index (χ0n) is 21.8. The number of nitrogens with two attached hydrogens (primary N) is 1. The summed E-state index contributed by atoms with van der Waals surface area (Å²) in [6.07, 6.45) is 2.65. The largest absolute Gasteiger partial charge is 0.372 e. The number of fused-ring (bicyclic) bond motifs is 1. The number of nitrogens with one attached hydrogen (secondary N) is 2. The third-order valence-electron chi connectivity index (χ3n) is 6.12. The third kappa shape index (κ3) is 6.44. The molecule has 1 fully saturated rings. The van der Waals surface area contributed by atoms with Crippen molar-refractivity contribution in [3.05, 3.63) is 71.0 Å². The van der Waals surface area contributed by atoms with Crippen LogP contribution in [0.2, 0.25) is 0 Å². The number of urea groups is 1. The van der Waals surface area contributed by atoms with Crippen LogP contribution in [0.1, 0.15) is 50.1 Å². The van der Waals surface area contributed by atoms with E-state index >= 15 is 0 Å². The van der Waals surface area contributed by atoms with Gasteiger partial charge in [0.25, 0.3) is 0 Å². The normalized spacial score (nSPS) is 12.9. The number of hydrogen-bond donors (Lipinski definition) is 3. The molecule has 4 N–H and O–H groups in total. The first kappa shape index (κ1) is 27.0. The Labute approximate surface area is 225 Å². The Bertz CT molecular complexity index is 1440. The molecule has 0 saturated heterocycles. The molecular formula is C28H31FN6O2S. The van der Waals surface area contributed by atoms with Crippen molar-refractivity contribution in [2.24, 2.45) is 5.73 Å². The summed E-state index contributed by atoms with van der Waals surface area (Å²) in [7, 11) is 1.87. The maximum absolute atomic E-state index is 14.5. The van der Waals surface area contributed by atoms with Crippen LogP contribution in [-0.2, 0) is 10.2 Å². The van der Waals surface area contributed by atoms with Crippen LogP contribution in [0.15, 0.2) is 54.6 Å². The average molecular weight is 535 g/mol. The van der Waals surface area contributed by atoms with Crippen LogP contribution in [0.5, 0.6) is 0 Å². The summed E-state index contributed by atoms with van der Waals surface area (Å²) in [6.45, 7) is 6.39. The number of carbonyl (C=O) groups is 2. The van der Waals surface area contributed by atoms with Gasteiger partial charge in [-0.15, -0.1) is 0 Å². The third-order valence-corrected chi connectivity index (χ3v) is 7.25.